The Morgan fingerprint density at radius 1 is 1.22 bits per heavy atom. The van der Waals surface area contributed by atoms with Gasteiger partial charge in [0.2, 0.25) is 10.0 Å². The Morgan fingerprint density at radius 3 is 2.56 bits per heavy atom. The van der Waals surface area contributed by atoms with Gasteiger partial charge in [0.25, 0.3) is 0 Å². The summed E-state index contributed by atoms with van der Waals surface area (Å²) in [7, 11) is -2.40. The van der Waals surface area contributed by atoms with Crippen molar-refractivity contribution in [3.8, 4) is 0 Å². The topological polar surface area (TPSA) is 80.1 Å². The molecule has 1 aromatic carbocycles. The smallest absolute Gasteiger partial charge is 0.341 e. The summed E-state index contributed by atoms with van der Waals surface area (Å²) in [5.41, 5.74) is 0.389. The maximum atomic E-state index is 13.4. The first-order valence-corrected chi connectivity index (χ1v) is 9.91. The van der Waals surface area contributed by atoms with Crippen LogP contribution in [0.3, 0.4) is 0 Å². The lowest BCUT2D eigenvalue weighted by atomic mass is 10.2. The molecule has 2 aromatic rings. The van der Waals surface area contributed by atoms with Crippen molar-refractivity contribution in [3.63, 3.8) is 0 Å². The molecule has 0 saturated carbocycles. The average Bonchev–Trinajstić information content (AvgIpc) is 3.01. The van der Waals surface area contributed by atoms with Gasteiger partial charge in [-0.2, -0.15) is 4.31 Å². The van der Waals surface area contributed by atoms with Gasteiger partial charge in [-0.3, -0.25) is 4.90 Å². The number of aryl methyl sites for hydroxylation is 1. The van der Waals surface area contributed by atoms with E-state index in [9.17, 15) is 17.6 Å². The van der Waals surface area contributed by atoms with E-state index in [2.05, 4.69) is 0 Å². The van der Waals surface area contributed by atoms with Gasteiger partial charge in [-0.25, -0.2) is 17.6 Å². The van der Waals surface area contributed by atoms with Gasteiger partial charge >= 0.3 is 5.97 Å². The number of carbonyl (C=O) groups excluding carboxylic acids is 1. The molecular weight excluding hydrogens is 375 g/mol. The normalized spacial score (nSPS) is 16.4. The van der Waals surface area contributed by atoms with Crippen molar-refractivity contribution in [2.75, 3.05) is 33.3 Å². The number of rotatable bonds is 5. The van der Waals surface area contributed by atoms with Crippen molar-refractivity contribution < 1.29 is 26.8 Å². The Labute approximate surface area is 157 Å². The van der Waals surface area contributed by atoms with Crippen molar-refractivity contribution in [1.82, 2.24) is 9.21 Å². The van der Waals surface area contributed by atoms with Gasteiger partial charge in [-0.1, -0.05) is 6.07 Å². The lowest BCUT2D eigenvalue weighted by Gasteiger charge is -2.33. The molecule has 1 aliphatic rings. The van der Waals surface area contributed by atoms with Gasteiger partial charge in [-0.15, -0.1) is 0 Å². The fraction of sp³-hybridized carbons (Fsp3) is 0.389. The second kappa shape index (κ2) is 7.79. The third-order valence-corrected chi connectivity index (χ3v) is 6.41. The Bertz CT molecular complexity index is 933. The van der Waals surface area contributed by atoms with Crippen molar-refractivity contribution >= 4 is 16.0 Å². The van der Waals surface area contributed by atoms with Gasteiger partial charge in [0.15, 0.2) is 0 Å². The molecule has 0 bridgehead atoms. The zero-order valence-electron chi connectivity index (χ0n) is 15.1. The number of hydrogen-bond donors (Lipinski definition) is 0. The van der Waals surface area contributed by atoms with Crippen molar-refractivity contribution in [2.24, 2.45) is 0 Å². The molecule has 146 valence electrons. The number of methoxy groups -OCH3 is 1. The monoisotopic (exact) mass is 396 g/mol. The summed E-state index contributed by atoms with van der Waals surface area (Å²) < 4.78 is 50.3. The van der Waals surface area contributed by atoms with Gasteiger partial charge < -0.3 is 9.15 Å². The molecule has 1 aromatic heterocycles. The van der Waals surface area contributed by atoms with Crippen LogP contribution in [-0.4, -0.2) is 56.9 Å². The van der Waals surface area contributed by atoms with E-state index in [0.29, 0.717) is 49.8 Å². The highest BCUT2D eigenvalue weighted by Gasteiger charge is 2.29. The lowest BCUT2D eigenvalue weighted by Crippen LogP contribution is -2.48. The fourth-order valence-corrected chi connectivity index (χ4v) is 4.51. The van der Waals surface area contributed by atoms with Crippen LogP contribution in [0.2, 0.25) is 0 Å². The maximum absolute atomic E-state index is 13.4. The molecule has 0 amide bonds. The summed E-state index contributed by atoms with van der Waals surface area (Å²) in [5, 5.41) is 0. The number of sulfonamides is 1. The Kier molecular flexibility index (Phi) is 5.64. The van der Waals surface area contributed by atoms with Gasteiger partial charge in [0.1, 0.15) is 22.9 Å². The summed E-state index contributed by atoms with van der Waals surface area (Å²) in [5.74, 6) is 0.0799. The molecule has 1 aliphatic heterocycles. The zero-order chi connectivity index (χ0) is 19.6. The van der Waals surface area contributed by atoms with Crippen LogP contribution < -0.4 is 0 Å². The van der Waals surface area contributed by atoms with Crippen LogP contribution >= 0.6 is 0 Å². The highest BCUT2D eigenvalue weighted by atomic mass is 32.2. The Morgan fingerprint density at radius 2 is 1.93 bits per heavy atom. The van der Waals surface area contributed by atoms with E-state index < -0.39 is 21.8 Å². The average molecular weight is 396 g/mol. The first-order chi connectivity index (χ1) is 12.8. The van der Waals surface area contributed by atoms with E-state index in [1.54, 1.807) is 13.0 Å². The molecule has 0 unspecified atom stereocenters. The van der Waals surface area contributed by atoms with Crippen molar-refractivity contribution in [1.29, 1.82) is 0 Å². The maximum Gasteiger partial charge on any atom is 0.341 e. The minimum Gasteiger partial charge on any atom is -0.465 e. The number of ether oxygens (including phenoxy) is 1. The molecule has 1 saturated heterocycles. The predicted molar refractivity (Wildman–Crippen MR) is 95.2 cm³/mol. The Balaban J connectivity index is 1.63. The summed E-state index contributed by atoms with van der Waals surface area (Å²) in [6.45, 7) is 3.75. The molecule has 3 rings (SSSR count). The van der Waals surface area contributed by atoms with Crippen LogP contribution in [-0.2, 0) is 21.3 Å². The van der Waals surface area contributed by atoms with E-state index in [1.165, 1.54) is 29.6 Å². The summed E-state index contributed by atoms with van der Waals surface area (Å²) >= 11 is 0. The minimum absolute atomic E-state index is 0.0414. The predicted octanol–water partition coefficient (Wildman–Crippen LogP) is 2.02. The third kappa shape index (κ3) is 4.20. The van der Waals surface area contributed by atoms with Crippen molar-refractivity contribution in [3.05, 3.63) is 53.2 Å². The van der Waals surface area contributed by atoms with E-state index in [-0.39, 0.29) is 4.90 Å². The molecular formula is C18H21FN2O5S. The number of esters is 1. The molecule has 0 aliphatic carbocycles. The second-order valence-electron chi connectivity index (χ2n) is 6.31. The van der Waals surface area contributed by atoms with E-state index in [1.807, 2.05) is 4.90 Å². The molecule has 0 radical (unpaired) electrons. The van der Waals surface area contributed by atoms with Crippen LogP contribution in [0.5, 0.6) is 0 Å². The van der Waals surface area contributed by atoms with Crippen LogP contribution in [0.25, 0.3) is 0 Å². The van der Waals surface area contributed by atoms with Gasteiger partial charge in [0, 0.05) is 26.2 Å². The molecule has 7 nitrogen and oxygen atoms in total. The third-order valence-electron chi connectivity index (χ3n) is 4.52. The highest BCUT2D eigenvalue weighted by Crippen LogP contribution is 2.21. The number of piperazine rings is 1. The molecule has 1 fully saturated rings. The minimum atomic E-state index is -3.72. The summed E-state index contributed by atoms with van der Waals surface area (Å²) in [6, 6.07) is 6.67. The zero-order valence-corrected chi connectivity index (χ0v) is 16.0. The van der Waals surface area contributed by atoms with Gasteiger partial charge in [0.05, 0.1) is 18.6 Å². The number of furan rings is 1. The first-order valence-electron chi connectivity index (χ1n) is 8.47. The molecule has 0 N–H and O–H groups in total. The molecule has 0 atom stereocenters. The number of benzene rings is 1. The first kappa shape index (κ1) is 19.5. The Hall–Kier alpha value is -2.23. The summed E-state index contributed by atoms with van der Waals surface area (Å²) in [4.78, 5) is 13.7. The highest BCUT2D eigenvalue weighted by molar-refractivity contribution is 7.89. The number of hydrogen-bond acceptors (Lipinski definition) is 6. The van der Waals surface area contributed by atoms with Crippen molar-refractivity contribution in [2.45, 2.75) is 18.4 Å². The van der Waals surface area contributed by atoms with Crippen LogP contribution in [0, 0.1) is 12.7 Å². The summed E-state index contributed by atoms with van der Waals surface area (Å²) in [6.07, 6.45) is 0. The standard InChI is InChI=1S/C18H21FN2O5S/c1-13-17(18(22)25-2)11-15(26-13)12-20-6-8-21(9-7-20)27(23,24)16-5-3-4-14(19)10-16/h3-5,10-11H,6-9,12H2,1-2H3. The van der Waals surface area contributed by atoms with Crippen LogP contribution in [0.1, 0.15) is 21.9 Å². The van der Waals surface area contributed by atoms with E-state index >= 15 is 0 Å². The quantitative estimate of drug-likeness (QED) is 0.720. The van der Waals surface area contributed by atoms with Crippen LogP contribution in [0.4, 0.5) is 4.39 Å². The van der Waals surface area contributed by atoms with Gasteiger partial charge in [-0.05, 0) is 31.2 Å². The number of nitrogens with zero attached hydrogens (tertiary/aromatic N) is 2. The fourth-order valence-electron chi connectivity index (χ4n) is 3.06. The molecule has 2 heterocycles. The van der Waals surface area contributed by atoms with E-state index in [0.717, 1.165) is 6.07 Å². The second-order valence-corrected chi connectivity index (χ2v) is 8.25. The van der Waals surface area contributed by atoms with E-state index in [4.69, 9.17) is 9.15 Å². The number of carbonyl (C=O) groups is 1. The van der Waals surface area contributed by atoms with Crippen LogP contribution in [0.15, 0.2) is 39.6 Å². The molecule has 9 heteroatoms. The molecule has 0 spiro atoms. The SMILES string of the molecule is COC(=O)c1cc(CN2CCN(S(=O)(=O)c3cccc(F)c3)CC2)oc1C. The number of halogens is 1. The molecule has 27 heavy (non-hydrogen) atoms. The largest absolute Gasteiger partial charge is 0.465 e. The lowest BCUT2D eigenvalue weighted by molar-refractivity contribution is 0.0599.